The molecule has 4 nitrogen and oxygen atoms in total. The lowest BCUT2D eigenvalue weighted by Crippen LogP contribution is -2.24. The van der Waals surface area contributed by atoms with Crippen molar-refractivity contribution in [1.82, 2.24) is 10.3 Å². The molecule has 8 heteroatoms. The van der Waals surface area contributed by atoms with Gasteiger partial charge >= 0.3 is 6.09 Å². The van der Waals surface area contributed by atoms with Gasteiger partial charge in [-0.1, -0.05) is 6.92 Å². The number of thioether (sulfide) groups is 1. The lowest BCUT2D eigenvalue weighted by Gasteiger charge is -2.08. The monoisotopic (exact) mass is 408 g/mol. The first-order chi connectivity index (χ1) is 13.5. The fourth-order valence-electron chi connectivity index (χ4n) is 2.91. The van der Waals surface area contributed by atoms with Crippen LogP contribution in [0.2, 0.25) is 0 Å². The second-order valence-corrected chi connectivity index (χ2v) is 7.27. The van der Waals surface area contributed by atoms with Crippen molar-refractivity contribution in [2.24, 2.45) is 0 Å². The van der Waals surface area contributed by atoms with Gasteiger partial charge in [0.2, 0.25) is 0 Å². The maximum atomic E-state index is 14.2. The molecule has 0 aliphatic heterocycles. The number of amides is 1. The lowest BCUT2D eigenvalue weighted by molar-refractivity contribution is 0.149. The molecule has 0 atom stereocenters. The summed E-state index contributed by atoms with van der Waals surface area (Å²) in [5.74, 6) is -0.511. The standard InChI is InChI=1S/C20H19F3N2O2S/c1-2-28-11-24-20(26)27-8-7-15-16-9-14(22)10-17(23)19(16)25-18(15)12-3-5-13(21)6-4-12/h3-6,9-10,25H,2,7-8,11H2,1H3,(H,24,26). The molecule has 0 spiro atoms. The highest BCUT2D eigenvalue weighted by atomic mass is 32.2. The Hall–Kier alpha value is -2.61. The Kier molecular flexibility index (Phi) is 6.51. The van der Waals surface area contributed by atoms with E-state index < -0.39 is 23.5 Å². The minimum absolute atomic E-state index is 0.0297. The molecule has 0 aliphatic carbocycles. The molecule has 2 aromatic carbocycles. The van der Waals surface area contributed by atoms with Crippen molar-refractivity contribution in [3.05, 3.63) is 59.4 Å². The molecular formula is C20H19F3N2O2S. The molecule has 28 heavy (non-hydrogen) atoms. The Morgan fingerprint density at radius 3 is 2.61 bits per heavy atom. The third-order valence-electron chi connectivity index (χ3n) is 4.17. The second kappa shape index (κ2) is 9.05. The third kappa shape index (κ3) is 4.62. The van der Waals surface area contributed by atoms with Gasteiger partial charge in [-0.25, -0.2) is 18.0 Å². The molecule has 0 radical (unpaired) electrons. The summed E-state index contributed by atoms with van der Waals surface area (Å²) < 4.78 is 46.4. The van der Waals surface area contributed by atoms with E-state index in [4.69, 9.17) is 4.74 Å². The fraction of sp³-hybridized carbons (Fsp3) is 0.250. The highest BCUT2D eigenvalue weighted by Crippen LogP contribution is 2.32. The summed E-state index contributed by atoms with van der Waals surface area (Å²) >= 11 is 1.54. The SMILES string of the molecule is CCSCNC(=O)OCCc1c(-c2ccc(F)cc2)[nH]c2c(F)cc(F)cc12. The van der Waals surface area contributed by atoms with Crippen molar-refractivity contribution in [1.29, 1.82) is 0 Å². The number of alkyl carbamates (subject to hydrolysis) is 1. The molecule has 1 amide bonds. The number of fused-ring (bicyclic) bond motifs is 1. The van der Waals surface area contributed by atoms with E-state index in [1.807, 2.05) is 6.92 Å². The van der Waals surface area contributed by atoms with E-state index in [0.717, 1.165) is 11.8 Å². The summed E-state index contributed by atoms with van der Waals surface area (Å²) in [5.41, 5.74) is 1.90. The molecule has 2 N–H and O–H groups in total. The number of aromatic nitrogens is 1. The Balaban J connectivity index is 1.87. The van der Waals surface area contributed by atoms with Crippen LogP contribution in [0.4, 0.5) is 18.0 Å². The number of H-pyrrole nitrogens is 1. The van der Waals surface area contributed by atoms with Gasteiger partial charge in [-0.2, -0.15) is 0 Å². The number of nitrogens with one attached hydrogen (secondary N) is 2. The molecule has 0 bridgehead atoms. The Bertz CT molecular complexity index is 974. The molecule has 148 valence electrons. The van der Waals surface area contributed by atoms with Crippen molar-refractivity contribution < 1.29 is 22.7 Å². The maximum Gasteiger partial charge on any atom is 0.407 e. The number of hydrogen-bond donors (Lipinski definition) is 2. The number of ether oxygens (including phenoxy) is 1. The topological polar surface area (TPSA) is 54.1 Å². The number of benzene rings is 2. The zero-order chi connectivity index (χ0) is 20.1. The van der Waals surface area contributed by atoms with Crippen molar-refractivity contribution in [2.75, 3.05) is 18.2 Å². The maximum absolute atomic E-state index is 14.2. The average Bonchev–Trinajstić information content (AvgIpc) is 3.01. The number of aromatic amines is 1. The van der Waals surface area contributed by atoms with Crippen LogP contribution in [-0.4, -0.2) is 29.3 Å². The minimum atomic E-state index is -0.722. The molecular weight excluding hydrogens is 389 g/mol. The van der Waals surface area contributed by atoms with Crippen molar-refractivity contribution in [2.45, 2.75) is 13.3 Å². The van der Waals surface area contributed by atoms with Crippen LogP contribution in [0, 0.1) is 17.5 Å². The van der Waals surface area contributed by atoms with Gasteiger partial charge in [0.1, 0.15) is 17.5 Å². The Morgan fingerprint density at radius 1 is 1.14 bits per heavy atom. The molecule has 0 unspecified atom stereocenters. The van der Waals surface area contributed by atoms with E-state index in [0.29, 0.717) is 28.1 Å². The predicted octanol–water partition coefficient (Wildman–Crippen LogP) is 5.23. The van der Waals surface area contributed by atoms with E-state index in [9.17, 15) is 18.0 Å². The fourth-order valence-corrected chi connectivity index (χ4v) is 3.33. The smallest absolute Gasteiger partial charge is 0.407 e. The van der Waals surface area contributed by atoms with Crippen LogP contribution >= 0.6 is 11.8 Å². The highest BCUT2D eigenvalue weighted by Gasteiger charge is 2.17. The number of carbonyl (C=O) groups excluding carboxylic acids is 1. The van der Waals surface area contributed by atoms with Gasteiger partial charge in [0.25, 0.3) is 0 Å². The number of carbonyl (C=O) groups is 1. The van der Waals surface area contributed by atoms with Gasteiger partial charge in [0, 0.05) is 23.6 Å². The molecule has 1 heterocycles. The Morgan fingerprint density at radius 2 is 1.89 bits per heavy atom. The lowest BCUT2D eigenvalue weighted by atomic mass is 10.0. The van der Waals surface area contributed by atoms with E-state index in [-0.39, 0.29) is 18.5 Å². The quantitative estimate of drug-likeness (QED) is 0.416. The van der Waals surface area contributed by atoms with Crippen molar-refractivity contribution in [3.8, 4) is 11.3 Å². The van der Waals surface area contributed by atoms with Gasteiger partial charge in [0.15, 0.2) is 0 Å². The van der Waals surface area contributed by atoms with Gasteiger partial charge in [-0.15, -0.1) is 11.8 Å². The summed E-state index contributed by atoms with van der Waals surface area (Å²) in [4.78, 5) is 14.6. The molecule has 0 saturated carbocycles. The van der Waals surface area contributed by atoms with E-state index in [2.05, 4.69) is 10.3 Å². The van der Waals surface area contributed by atoms with Crippen LogP contribution in [0.25, 0.3) is 22.2 Å². The zero-order valence-corrected chi connectivity index (χ0v) is 16.0. The molecule has 3 rings (SSSR count). The summed E-state index contributed by atoms with van der Waals surface area (Å²) in [6.45, 7) is 2.01. The van der Waals surface area contributed by atoms with Gasteiger partial charge < -0.3 is 15.0 Å². The first-order valence-corrected chi connectivity index (χ1v) is 9.89. The van der Waals surface area contributed by atoms with Crippen molar-refractivity contribution >= 4 is 28.8 Å². The first-order valence-electron chi connectivity index (χ1n) is 8.73. The first kappa shape index (κ1) is 20.1. The molecule has 0 saturated heterocycles. The summed E-state index contributed by atoms with van der Waals surface area (Å²) in [6, 6.07) is 7.70. The van der Waals surface area contributed by atoms with Crippen LogP contribution in [0.15, 0.2) is 36.4 Å². The highest BCUT2D eigenvalue weighted by molar-refractivity contribution is 7.99. The molecule has 1 aromatic heterocycles. The van der Waals surface area contributed by atoms with Gasteiger partial charge in [0.05, 0.1) is 18.0 Å². The largest absolute Gasteiger partial charge is 0.449 e. The van der Waals surface area contributed by atoms with Crippen LogP contribution in [0.1, 0.15) is 12.5 Å². The van der Waals surface area contributed by atoms with E-state index in [1.165, 1.54) is 18.2 Å². The van der Waals surface area contributed by atoms with Gasteiger partial charge in [-0.3, -0.25) is 0 Å². The second-order valence-electron chi connectivity index (χ2n) is 6.00. The molecule has 0 fully saturated rings. The zero-order valence-electron chi connectivity index (χ0n) is 15.2. The molecule has 3 aromatic rings. The van der Waals surface area contributed by atoms with Crippen LogP contribution in [-0.2, 0) is 11.2 Å². The summed E-state index contributed by atoms with van der Waals surface area (Å²) in [6.07, 6.45) is -0.314. The normalized spacial score (nSPS) is 11.0. The minimum Gasteiger partial charge on any atom is -0.449 e. The van der Waals surface area contributed by atoms with Crippen LogP contribution in [0.3, 0.4) is 0 Å². The Labute approximate surface area is 164 Å². The summed E-state index contributed by atoms with van der Waals surface area (Å²) in [5, 5.41) is 2.97. The van der Waals surface area contributed by atoms with E-state index in [1.54, 1.807) is 23.9 Å². The van der Waals surface area contributed by atoms with Crippen LogP contribution in [0.5, 0.6) is 0 Å². The third-order valence-corrected chi connectivity index (χ3v) is 4.93. The number of rotatable bonds is 7. The van der Waals surface area contributed by atoms with E-state index >= 15 is 0 Å². The summed E-state index contributed by atoms with van der Waals surface area (Å²) in [7, 11) is 0. The molecule has 0 aliphatic rings. The average molecular weight is 408 g/mol. The van der Waals surface area contributed by atoms with Crippen molar-refractivity contribution in [3.63, 3.8) is 0 Å². The predicted molar refractivity (Wildman–Crippen MR) is 105 cm³/mol. The number of halogens is 3. The number of hydrogen-bond acceptors (Lipinski definition) is 3. The van der Waals surface area contributed by atoms with Crippen LogP contribution < -0.4 is 5.32 Å². The van der Waals surface area contributed by atoms with Gasteiger partial charge in [-0.05, 0) is 47.2 Å².